The van der Waals surface area contributed by atoms with Crippen LogP contribution in [0.5, 0.6) is 11.5 Å². The zero-order chi connectivity index (χ0) is 36.1. The summed E-state index contributed by atoms with van der Waals surface area (Å²) in [5, 5.41) is 9.34. The van der Waals surface area contributed by atoms with Crippen molar-refractivity contribution in [2.45, 2.75) is 94.1 Å². The molecule has 2 aliphatic heterocycles. The van der Waals surface area contributed by atoms with Crippen LogP contribution in [0, 0.1) is 5.92 Å². The maximum Gasteiger partial charge on any atom is 0.318 e. The van der Waals surface area contributed by atoms with Crippen LogP contribution in [0.15, 0.2) is 41.8 Å². The van der Waals surface area contributed by atoms with Gasteiger partial charge in [0.25, 0.3) is 5.91 Å². The number of amides is 4. The highest BCUT2D eigenvalue weighted by atomic mass is 32.2. The van der Waals surface area contributed by atoms with Gasteiger partial charge in [0.05, 0.1) is 29.6 Å². The van der Waals surface area contributed by atoms with Crippen molar-refractivity contribution in [1.82, 2.24) is 30.2 Å². The SMILES string of the molecule is COc1ccc2c(O[C@@H]3C[C@H]4C(=O)N[C@]5(C(=O)NS(=O)(=O)C6(C)CC6)C[C@H]5C=CCCCCNC(=O)N4C3)cc(-c3nc(C(C)C)cs3)nc2c1. The Hall–Kier alpha value is -4.24. The lowest BCUT2D eigenvalue weighted by Gasteiger charge is -2.27. The molecule has 0 bridgehead atoms. The number of pyridine rings is 1. The number of methoxy groups -OCH3 is 1. The monoisotopic (exact) mass is 736 g/mol. The van der Waals surface area contributed by atoms with Gasteiger partial charge in [-0.25, -0.2) is 23.2 Å². The van der Waals surface area contributed by atoms with Gasteiger partial charge in [0.15, 0.2) is 0 Å². The number of nitrogens with one attached hydrogen (secondary N) is 3. The molecule has 0 spiro atoms. The van der Waals surface area contributed by atoms with Crippen LogP contribution in [0.2, 0.25) is 0 Å². The molecule has 51 heavy (non-hydrogen) atoms. The largest absolute Gasteiger partial charge is 0.497 e. The maximum absolute atomic E-state index is 14.1. The number of thiazole rings is 1. The quantitative estimate of drug-likeness (QED) is 0.279. The second-order valence-electron chi connectivity index (χ2n) is 14.6. The number of nitrogens with zero attached hydrogens (tertiary/aromatic N) is 3. The Balaban J connectivity index is 1.18. The van der Waals surface area contributed by atoms with Crippen molar-refractivity contribution in [3.8, 4) is 22.2 Å². The molecule has 4 amide bonds. The van der Waals surface area contributed by atoms with Crippen LogP contribution >= 0.6 is 11.3 Å². The number of hydrogen-bond acceptors (Lipinski definition) is 10. The molecule has 2 aliphatic carbocycles. The summed E-state index contributed by atoms with van der Waals surface area (Å²) in [5.74, 6) is -0.248. The van der Waals surface area contributed by atoms with E-state index in [4.69, 9.17) is 19.4 Å². The van der Waals surface area contributed by atoms with E-state index in [-0.39, 0.29) is 31.2 Å². The number of ether oxygens (including phenoxy) is 2. The third-order valence-corrected chi connectivity index (χ3v) is 13.5. The van der Waals surface area contributed by atoms with Crippen molar-refractivity contribution >= 4 is 50.1 Å². The molecule has 13 nitrogen and oxygen atoms in total. The van der Waals surface area contributed by atoms with Crippen molar-refractivity contribution in [2.24, 2.45) is 5.92 Å². The summed E-state index contributed by atoms with van der Waals surface area (Å²) in [6.07, 6.45) is 6.89. The molecule has 4 atom stereocenters. The number of allylic oxidation sites excluding steroid dienone is 1. The minimum Gasteiger partial charge on any atom is -0.497 e. The summed E-state index contributed by atoms with van der Waals surface area (Å²) in [6, 6.07) is 5.99. The van der Waals surface area contributed by atoms with Crippen molar-refractivity contribution in [3.63, 3.8) is 0 Å². The number of rotatable bonds is 8. The van der Waals surface area contributed by atoms with Crippen LogP contribution < -0.4 is 24.8 Å². The molecule has 1 saturated heterocycles. The molecule has 2 saturated carbocycles. The van der Waals surface area contributed by atoms with Crippen LogP contribution in [0.4, 0.5) is 4.79 Å². The Morgan fingerprint density at radius 2 is 1.96 bits per heavy atom. The molecule has 0 radical (unpaired) electrons. The summed E-state index contributed by atoms with van der Waals surface area (Å²) < 4.78 is 39.5. The average Bonchev–Trinajstić information content (AvgIpc) is 3.86. The standard InChI is InChI=1S/C36H44N6O7S2/c1-21(2)28-20-50-32(39-28)27-17-30(25-11-10-23(48-4)15-26(25)38-27)49-24-16-29-31(43)40-36(33(44)41-51(46,47)35(3)12-13-35)18-22(36)9-7-5-6-8-14-37-34(45)42(29)19-24/h7,9-11,15,17,20-22,24,29H,5-6,8,12-14,16,18-19H2,1-4H3,(H,37,45)(H,40,43)(H,41,44)/t22-,24-,29+,36-/m1/s1. The van der Waals surface area contributed by atoms with Gasteiger partial charge in [-0.1, -0.05) is 26.0 Å². The van der Waals surface area contributed by atoms with Crippen molar-refractivity contribution in [1.29, 1.82) is 0 Å². The molecule has 7 rings (SSSR count). The zero-order valence-corrected chi connectivity index (χ0v) is 30.9. The van der Waals surface area contributed by atoms with Gasteiger partial charge < -0.3 is 25.0 Å². The second kappa shape index (κ2) is 13.4. The van der Waals surface area contributed by atoms with Gasteiger partial charge in [0, 0.05) is 41.8 Å². The Labute approximate surface area is 301 Å². The minimum atomic E-state index is -3.93. The molecule has 1 aromatic carbocycles. The Morgan fingerprint density at radius 1 is 1.16 bits per heavy atom. The lowest BCUT2D eigenvalue weighted by molar-refractivity contribution is -0.131. The Kier molecular flexibility index (Phi) is 9.23. The highest BCUT2D eigenvalue weighted by Gasteiger charge is 2.63. The number of aromatic nitrogens is 2. The van der Waals surface area contributed by atoms with E-state index in [0.717, 1.165) is 35.4 Å². The lowest BCUT2D eigenvalue weighted by Crippen LogP contribution is -2.57. The zero-order valence-electron chi connectivity index (χ0n) is 29.2. The van der Waals surface area contributed by atoms with E-state index in [0.29, 0.717) is 42.1 Å². The van der Waals surface area contributed by atoms with Crippen LogP contribution in [0.1, 0.15) is 77.3 Å². The number of carbonyl (C=O) groups is 3. The number of urea groups is 1. The van der Waals surface area contributed by atoms with Gasteiger partial charge in [-0.2, -0.15) is 0 Å². The Bertz CT molecular complexity index is 2010. The number of benzene rings is 1. The molecule has 2 aromatic heterocycles. The van der Waals surface area contributed by atoms with Gasteiger partial charge in [0.1, 0.15) is 39.9 Å². The lowest BCUT2D eigenvalue weighted by atomic mass is 10.1. The van der Waals surface area contributed by atoms with E-state index in [1.807, 2.05) is 41.8 Å². The topological polar surface area (TPSA) is 169 Å². The summed E-state index contributed by atoms with van der Waals surface area (Å²) in [4.78, 5) is 52.5. The predicted molar refractivity (Wildman–Crippen MR) is 193 cm³/mol. The first-order valence-corrected chi connectivity index (χ1v) is 19.9. The first-order chi connectivity index (χ1) is 24.3. The number of sulfonamides is 1. The third-order valence-electron chi connectivity index (χ3n) is 10.5. The minimum absolute atomic E-state index is 0.114. The van der Waals surface area contributed by atoms with E-state index < -0.39 is 50.3 Å². The number of fused-ring (bicyclic) bond motifs is 3. The first kappa shape index (κ1) is 35.2. The summed E-state index contributed by atoms with van der Waals surface area (Å²) >= 11 is 1.50. The molecule has 4 heterocycles. The predicted octanol–water partition coefficient (Wildman–Crippen LogP) is 4.64. The summed E-state index contributed by atoms with van der Waals surface area (Å²) in [5.41, 5.74) is 0.803. The van der Waals surface area contributed by atoms with Gasteiger partial charge in [-0.05, 0) is 63.5 Å². The second-order valence-corrected chi connectivity index (χ2v) is 17.6. The van der Waals surface area contributed by atoms with Crippen LogP contribution in [-0.2, 0) is 19.6 Å². The molecule has 4 aliphatic rings. The van der Waals surface area contributed by atoms with Crippen molar-refractivity contribution < 1.29 is 32.3 Å². The van der Waals surface area contributed by atoms with Crippen LogP contribution in [0.3, 0.4) is 0 Å². The first-order valence-electron chi connectivity index (χ1n) is 17.5. The summed E-state index contributed by atoms with van der Waals surface area (Å²) in [6.45, 7) is 6.33. The molecule has 15 heteroatoms. The van der Waals surface area contributed by atoms with Gasteiger partial charge >= 0.3 is 6.03 Å². The molecule has 0 unspecified atom stereocenters. The molecular formula is C36H44N6O7S2. The van der Waals surface area contributed by atoms with Gasteiger partial charge in [-0.3, -0.25) is 14.3 Å². The summed E-state index contributed by atoms with van der Waals surface area (Å²) in [7, 11) is -2.34. The maximum atomic E-state index is 14.1. The average molecular weight is 737 g/mol. The fourth-order valence-corrected chi connectivity index (χ4v) is 8.98. The van der Waals surface area contributed by atoms with Crippen molar-refractivity contribution in [3.05, 3.63) is 47.5 Å². The molecular weight excluding hydrogens is 693 g/mol. The van der Waals surface area contributed by atoms with E-state index in [2.05, 4.69) is 29.2 Å². The van der Waals surface area contributed by atoms with Crippen LogP contribution in [-0.4, -0.2) is 83.8 Å². The number of carbonyl (C=O) groups excluding carboxylic acids is 3. The van der Waals surface area contributed by atoms with Crippen LogP contribution in [0.25, 0.3) is 21.6 Å². The highest BCUT2D eigenvalue weighted by molar-refractivity contribution is 7.91. The molecule has 3 fully saturated rings. The van der Waals surface area contributed by atoms with Gasteiger partial charge in [0.2, 0.25) is 15.9 Å². The molecule has 3 aromatic rings. The normalized spacial score (nSPS) is 26.1. The van der Waals surface area contributed by atoms with E-state index in [9.17, 15) is 22.8 Å². The fraction of sp³-hybridized carbons (Fsp3) is 0.528. The van der Waals surface area contributed by atoms with Gasteiger partial charge in [-0.15, -0.1) is 11.3 Å². The third kappa shape index (κ3) is 6.89. The van der Waals surface area contributed by atoms with E-state index >= 15 is 0 Å². The smallest absolute Gasteiger partial charge is 0.318 e. The molecule has 272 valence electrons. The fourth-order valence-electron chi connectivity index (χ4n) is 6.73. The Morgan fingerprint density at radius 3 is 2.69 bits per heavy atom. The van der Waals surface area contributed by atoms with Crippen molar-refractivity contribution in [2.75, 3.05) is 20.2 Å². The van der Waals surface area contributed by atoms with E-state index in [1.165, 1.54) is 16.2 Å². The highest BCUT2D eigenvalue weighted by Crippen LogP contribution is 2.47. The molecule has 3 N–H and O–H groups in total. The van der Waals surface area contributed by atoms with E-state index in [1.54, 1.807) is 14.0 Å². The number of hydrogen-bond donors (Lipinski definition) is 3.